The van der Waals surface area contributed by atoms with E-state index in [0.29, 0.717) is 11.3 Å². The summed E-state index contributed by atoms with van der Waals surface area (Å²) in [5.74, 6) is -2.78. The van der Waals surface area contributed by atoms with Crippen molar-refractivity contribution in [2.75, 3.05) is 5.32 Å². The van der Waals surface area contributed by atoms with Gasteiger partial charge < -0.3 is 14.5 Å². The van der Waals surface area contributed by atoms with Crippen LogP contribution >= 0.6 is 0 Å². The molecule has 1 amide bonds. The zero-order valence-corrected chi connectivity index (χ0v) is 18.1. The van der Waals surface area contributed by atoms with Crippen molar-refractivity contribution in [3.05, 3.63) is 95.2 Å². The third-order valence-electron chi connectivity index (χ3n) is 4.92. The number of anilines is 1. The SMILES string of the molecule is CC(OC(=O)Cn1nc(-c2ccc(F)cc2)oc1=O)C(=O)Nc1ccccc1-c1ccccc1. The quantitative estimate of drug-likeness (QED) is 0.419. The smallest absolute Gasteiger partial charge is 0.437 e. The number of carbonyl (C=O) groups is 2. The van der Waals surface area contributed by atoms with E-state index < -0.39 is 36.1 Å². The van der Waals surface area contributed by atoms with Gasteiger partial charge in [0, 0.05) is 16.8 Å². The third-order valence-corrected chi connectivity index (χ3v) is 4.92. The first kappa shape index (κ1) is 22.7. The van der Waals surface area contributed by atoms with Crippen molar-refractivity contribution in [1.82, 2.24) is 9.78 Å². The molecule has 0 spiro atoms. The molecule has 0 aliphatic heterocycles. The van der Waals surface area contributed by atoms with Crippen molar-refractivity contribution in [2.45, 2.75) is 19.6 Å². The molecule has 0 saturated heterocycles. The number of aromatic nitrogens is 2. The van der Waals surface area contributed by atoms with E-state index in [1.807, 2.05) is 42.5 Å². The number of para-hydroxylation sites is 1. The number of esters is 1. The summed E-state index contributed by atoms with van der Waals surface area (Å²) in [5, 5.41) is 6.70. The molecule has 34 heavy (non-hydrogen) atoms. The second-order valence-electron chi connectivity index (χ2n) is 7.37. The number of halogens is 1. The van der Waals surface area contributed by atoms with E-state index in [4.69, 9.17) is 9.15 Å². The Morgan fingerprint density at radius 3 is 2.41 bits per heavy atom. The molecule has 0 saturated carbocycles. The van der Waals surface area contributed by atoms with Gasteiger partial charge in [-0.3, -0.25) is 9.59 Å². The molecule has 0 radical (unpaired) electrons. The molecule has 172 valence electrons. The van der Waals surface area contributed by atoms with Gasteiger partial charge in [0.2, 0.25) is 5.89 Å². The Labute approximate surface area is 193 Å². The van der Waals surface area contributed by atoms with E-state index in [2.05, 4.69) is 10.4 Å². The van der Waals surface area contributed by atoms with Crippen molar-refractivity contribution in [3.8, 4) is 22.6 Å². The Balaban J connectivity index is 1.40. The Morgan fingerprint density at radius 2 is 1.68 bits per heavy atom. The molecular weight excluding hydrogens is 441 g/mol. The van der Waals surface area contributed by atoms with Gasteiger partial charge in [0.25, 0.3) is 5.91 Å². The van der Waals surface area contributed by atoms with Crippen molar-refractivity contribution >= 4 is 17.6 Å². The molecule has 1 heterocycles. The summed E-state index contributed by atoms with van der Waals surface area (Å²) in [5.41, 5.74) is 2.68. The summed E-state index contributed by atoms with van der Waals surface area (Å²) in [6.45, 7) is 0.871. The fourth-order valence-electron chi connectivity index (χ4n) is 3.22. The molecule has 0 aliphatic carbocycles. The predicted molar refractivity (Wildman–Crippen MR) is 122 cm³/mol. The van der Waals surface area contributed by atoms with Crippen LogP contribution in [-0.4, -0.2) is 27.8 Å². The van der Waals surface area contributed by atoms with Gasteiger partial charge in [0.05, 0.1) is 0 Å². The molecule has 9 heteroatoms. The van der Waals surface area contributed by atoms with Crippen molar-refractivity contribution in [2.24, 2.45) is 0 Å². The second kappa shape index (κ2) is 9.95. The normalized spacial score (nSPS) is 11.6. The Bertz CT molecular complexity index is 1360. The molecule has 1 unspecified atom stereocenters. The molecule has 1 N–H and O–H groups in total. The molecule has 8 nitrogen and oxygen atoms in total. The van der Waals surface area contributed by atoms with Crippen LogP contribution in [0.2, 0.25) is 0 Å². The number of carbonyl (C=O) groups excluding carboxylic acids is 2. The highest BCUT2D eigenvalue weighted by molar-refractivity contribution is 5.98. The van der Waals surface area contributed by atoms with E-state index in [1.165, 1.54) is 31.2 Å². The maximum atomic E-state index is 13.1. The summed E-state index contributed by atoms with van der Waals surface area (Å²) in [4.78, 5) is 37.0. The topological polar surface area (TPSA) is 103 Å². The largest absolute Gasteiger partial charge is 0.451 e. The van der Waals surface area contributed by atoms with Gasteiger partial charge in [-0.05, 0) is 42.8 Å². The highest BCUT2D eigenvalue weighted by Gasteiger charge is 2.21. The number of benzene rings is 3. The number of rotatable bonds is 7. The molecule has 4 rings (SSSR count). The highest BCUT2D eigenvalue weighted by atomic mass is 19.1. The number of nitrogens with one attached hydrogen (secondary N) is 1. The van der Waals surface area contributed by atoms with Crippen LogP contribution in [0.1, 0.15) is 6.92 Å². The summed E-state index contributed by atoms with van der Waals surface area (Å²) in [6.07, 6.45) is -1.13. The zero-order valence-electron chi connectivity index (χ0n) is 18.1. The van der Waals surface area contributed by atoms with E-state index in [-0.39, 0.29) is 5.89 Å². The van der Waals surface area contributed by atoms with Gasteiger partial charge >= 0.3 is 11.7 Å². The van der Waals surface area contributed by atoms with Crippen LogP contribution in [-0.2, 0) is 20.9 Å². The molecule has 4 aromatic rings. The molecule has 0 bridgehead atoms. The van der Waals surface area contributed by atoms with E-state index in [0.717, 1.165) is 15.8 Å². The Hall–Kier alpha value is -4.53. The third kappa shape index (κ3) is 5.26. The first-order valence-electron chi connectivity index (χ1n) is 10.4. The van der Waals surface area contributed by atoms with Crippen LogP contribution in [0.3, 0.4) is 0 Å². The number of amides is 1. The fourth-order valence-corrected chi connectivity index (χ4v) is 3.22. The standard InChI is InChI=1S/C25H20FN3O5/c1-16(23(31)27-21-10-6-5-9-20(21)17-7-3-2-4-8-17)33-22(30)15-29-25(32)34-24(28-29)18-11-13-19(26)14-12-18/h2-14,16H,15H2,1H3,(H,27,31). The van der Waals surface area contributed by atoms with Crippen molar-refractivity contribution < 1.29 is 23.1 Å². The minimum absolute atomic E-state index is 0.0684. The van der Waals surface area contributed by atoms with Crippen LogP contribution < -0.4 is 11.1 Å². The molecule has 1 aromatic heterocycles. The van der Waals surface area contributed by atoms with Crippen molar-refractivity contribution in [1.29, 1.82) is 0 Å². The number of ether oxygens (including phenoxy) is 1. The monoisotopic (exact) mass is 461 g/mol. The molecule has 1 atom stereocenters. The fraction of sp³-hybridized carbons (Fsp3) is 0.120. The van der Waals surface area contributed by atoms with Gasteiger partial charge in [-0.1, -0.05) is 48.5 Å². The average Bonchev–Trinajstić information content (AvgIpc) is 3.20. The molecule has 0 fully saturated rings. The first-order valence-corrected chi connectivity index (χ1v) is 10.4. The zero-order chi connectivity index (χ0) is 24.1. The van der Waals surface area contributed by atoms with Gasteiger partial charge in [0.15, 0.2) is 6.10 Å². The van der Waals surface area contributed by atoms with Crippen LogP contribution in [0.15, 0.2) is 88.1 Å². The minimum atomic E-state index is -1.13. The van der Waals surface area contributed by atoms with Crippen LogP contribution in [0.25, 0.3) is 22.6 Å². The van der Waals surface area contributed by atoms with Gasteiger partial charge in [0.1, 0.15) is 12.4 Å². The summed E-state index contributed by atoms with van der Waals surface area (Å²) < 4.78 is 24.0. The number of nitrogens with zero attached hydrogens (tertiary/aromatic N) is 2. The highest BCUT2D eigenvalue weighted by Crippen LogP contribution is 2.27. The first-order chi connectivity index (χ1) is 16.4. The molecular formula is C25H20FN3O5. The Morgan fingerprint density at radius 1 is 1.00 bits per heavy atom. The van der Waals surface area contributed by atoms with Crippen LogP contribution in [0.4, 0.5) is 10.1 Å². The average molecular weight is 461 g/mol. The van der Waals surface area contributed by atoms with E-state index >= 15 is 0 Å². The predicted octanol–water partition coefficient (Wildman–Crippen LogP) is 3.88. The number of hydrogen-bond donors (Lipinski definition) is 1. The number of hydrogen-bond acceptors (Lipinski definition) is 6. The van der Waals surface area contributed by atoms with E-state index in [9.17, 15) is 18.8 Å². The molecule has 0 aliphatic rings. The maximum Gasteiger partial charge on any atom is 0.437 e. The lowest BCUT2D eigenvalue weighted by atomic mass is 10.0. The molecule has 3 aromatic carbocycles. The Kier molecular flexibility index (Phi) is 6.63. The van der Waals surface area contributed by atoms with Gasteiger partial charge in [-0.25, -0.2) is 9.18 Å². The summed E-state index contributed by atoms with van der Waals surface area (Å²) in [6, 6.07) is 22.0. The van der Waals surface area contributed by atoms with Gasteiger partial charge in [-0.15, -0.1) is 5.10 Å². The van der Waals surface area contributed by atoms with Crippen molar-refractivity contribution in [3.63, 3.8) is 0 Å². The second-order valence-corrected chi connectivity index (χ2v) is 7.37. The lowest BCUT2D eigenvalue weighted by molar-refractivity contribution is -0.154. The lowest BCUT2D eigenvalue weighted by Crippen LogP contribution is -2.32. The minimum Gasteiger partial charge on any atom is -0.451 e. The van der Waals surface area contributed by atoms with Crippen LogP contribution in [0, 0.1) is 5.82 Å². The summed E-state index contributed by atoms with van der Waals surface area (Å²) >= 11 is 0. The van der Waals surface area contributed by atoms with E-state index in [1.54, 1.807) is 12.1 Å². The van der Waals surface area contributed by atoms with Gasteiger partial charge in [-0.2, -0.15) is 4.68 Å². The lowest BCUT2D eigenvalue weighted by Gasteiger charge is -2.15. The van der Waals surface area contributed by atoms with Crippen LogP contribution in [0.5, 0.6) is 0 Å². The maximum absolute atomic E-state index is 13.1. The summed E-state index contributed by atoms with van der Waals surface area (Å²) in [7, 11) is 0.